The molecule has 2 aliphatic heterocycles. The number of hydrogen-bond donors (Lipinski definition) is 1. The largest absolute Gasteiger partial charge is 0.348 e. The average molecular weight is 459 g/mol. The van der Waals surface area contributed by atoms with E-state index in [4.69, 9.17) is 0 Å². The molecule has 2 fully saturated rings. The molecule has 2 aromatic rings. The van der Waals surface area contributed by atoms with Crippen LogP contribution in [0.5, 0.6) is 0 Å². The molecule has 8 heteroatoms. The van der Waals surface area contributed by atoms with Gasteiger partial charge in [0.1, 0.15) is 10.6 Å². The van der Waals surface area contributed by atoms with Crippen LogP contribution >= 0.6 is 0 Å². The van der Waals surface area contributed by atoms with Crippen molar-refractivity contribution in [2.45, 2.75) is 56.5 Å². The SMILES string of the molecule is Cc1c(S(=O)(=O)N2CCCCC2)cc(C(=O)NC2CCN(Cc3ccccc3)CC2)n1C. The van der Waals surface area contributed by atoms with E-state index in [2.05, 4.69) is 34.5 Å². The molecule has 0 unspecified atom stereocenters. The zero-order valence-electron chi connectivity index (χ0n) is 19.1. The molecule has 0 saturated carbocycles. The van der Waals surface area contributed by atoms with Gasteiger partial charge in [0.2, 0.25) is 10.0 Å². The molecule has 0 radical (unpaired) electrons. The Morgan fingerprint density at radius 3 is 2.34 bits per heavy atom. The van der Waals surface area contributed by atoms with Crippen LogP contribution in [0, 0.1) is 6.92 Å². The first-order valence-electron chi connectivity index (χ1n) is 11.6. The van der Waals surface area contributed by atoms with Crippen molar-refractivity contribution in [1.29, 1.82) is 0 Å². The summed E-state index contributed by atoms with van der Waals surface area (Å²) < 4.78 is 29.6. The predicted octanol–water partition coefficient (Wildman–Crippen LogP) is 2.90. The second-order valence-electron chi connectivity index (χ2n) is 9.01. The number of sulfonamides is 1. The van der Waals surface area contributed by atoms with E-state index >= 15 is 0 Å². The molecule has 0 atom stereocenters. The number of benzene rings is 1. The number of aromatic nitrogens is 1. The first-order chi connectivity index (χ1) is 15.4. The highest BCUT2D eigenvalue weighted by molar-refractivity contribution is 7.89. The van der Waals surface area contributed by atoms with E-state index in [1.165, 1.54) is 5.56 Å². The lowest BCUT2D eigenvalue weighted by atomic mass is 10.0. The van der Waals surface area contributed by atoms with Gasteiger partial charge in [-0.15, -0.1) is 0 Å². The summed E-state index contributed by atoms with van der Waals surface area (Å²) in [5, 5.41) is 3.14. The molecule has 1 aromatic carbocycles. The van der Waals surface area contributed by atoms with Gasteiger partial charge < -0.3 is 9.88 Å². The number of nitrogens with zero attached hydrogens (tertiary/aromatic N) is 3. The molecule has 2 aliphatic rings. The van der Waals surface area contributed by atoms with Gasteiger partial charge in [0.15, 0.2) is 0 Å². The molecule has 1 aromatic heterocycles. The number of likely N-dealkylation sites (tertiary alicyclic amines) is 1. The molecular formula is C24H34N4O3S. The predicted molar refractivity (Wildman–Crippen MR) is 125 cm³/mol. The third-order valence-electron chi connectivity index (χ3n) is 6.83. The maximum atomic E-state index is 13.1. The lowest BCUT2D eigenvalue weighted by Crippen LogP contribution is -2.44. The minimum Gasteiger partial charge on any atom is -0.348 e. The fraction of sp³-hybridized carbons (Fsp3) is 0.542. The zero-order chi connectivity index (χ0) is 22.7. The summed E-state index contributed by atoms with van der Waals surface area (Å²) in [5.41, 5.74) is 2.32. The number of piperidine rings is 2. The third kappa shape index (κ3) is 4.92. The van der Waals surface area contributed by atoms with Crippen molar-refractivity contribution in [3.63, 3.8) is 0 Å². The van der Waals surface area contributed by atoms with E-state index in [0.29, 0.717) is 24.5 Å². The van der Waals surface area contributed by atoms with E-state index in [1.54, 1.807) is 28.9 Å². The standard InChI is InChI=1S/C24H34N4O3S/c1-19-23(32(30,31)28-13-7-4-8-14-28)17-22(26(19)2)24(29)25-21-11-15-27(16-12-21)18-20-9-5-3-6-10-20/h3,5-6,9-10,17,21H,4,7-8,11-16,18H2,1-2H3,(H,25,29). The second kappa shape index (κ2) is 9.77. The summed E-state index contributed by atoms with van der Waals surface area (Å²) in [6.45, 7) is 5.67. The van der Waals surface area contributed by atoms with Crippen LogP contribution in [0.4, 0.5) is 0 Å². The van der Waals surface area contributed by atoms with Crippen LogP contribution in [-0.4, -0.2) is 60.3 Å². The normalized spacial score (nSPS) is 19.2. The Kier molecular flexibility index (Phi) is 7.02. The highest BCUT2D eigenvalue weighted by Crippen LogP contribution is 2.26. The Morgan fingerprint density at radius 1 is 1.03 bits per heavy atom. The molecule has 32 heavy (non-hydrogen) atoms. The Bertz CT molecular complexity index is 1030. The Balaban J connectivity index is 1.38. The Morgan fingerprint density at radius 2 is 1.69 bits per heavy atom. The smallest absolute Gasteiger partial charge is 0.268 e. The second-order valence-corrected chi connectivity index (χ2v) is 10.9. The van der Waals surface area contributed by atoms with Gasteiger partial charge in [0.05, 0.1) is 0 Å². The van der Waals surface area contributed by atoms with Crippen LogP contribution in [0.25, 0.3) is 0 Å². The summed E-state index contributed by atoms with van der Waals surface area (Å²) in [7, 11) is -1.81. The van der Waals surface area contributed by atoms with Crippen molar-refractivity contribution in [2.75, 3.05) is 26.2 Å². The minimum absolute atomic E-state index is 0.104. The molecule has 0 bridgehead atoms. The summed E-state index contributed by atoms with van der Waals surface area (Å²) >= 11 is 0. The monoisotopic (exact) mass is 458 g/mol. The number of carbonyl (C=O) groups excluding carboxylic acids is 1. The molecule has 4 rings (SSSR count). The van der Waals surface area contributed by atoms with Crippen LogP contribution in [0.1, 0.15) is 53.8 Å². The first kappa shape index (κ1) is 23.0. The Hall–Kier alpha value is -2.16. The molecule has 2 saturated heterocycles. The summed E-state index contributed by atoms with van der Waals surface area (Å²) in [6, 6.07) is 12.1. The molecule has 0 aliphatic carbocycles. The molecule has 3 heterocycles. The number of nitrogens with one attached hydrogen (secondary N) is 1. The first-order valence-corrected chi connectivity index (χ1v) is 13.0. The van der Waals surface area contributed by atoms with Gasteiger partial charge in [-0.25, -0.2) is 8.42 Å². The lowest BCUT2D eigenvalue weighted by molar-refractivity contribution is 0.0900. The van der Waals surface area contributed by atoms with Crippen LogP contribution in [0.15, 0.2) is 41.3 Å². The summed E-state index contributed by atoms with van der Waals surface area (Å²) in [6.07, 6.45) is 4.63. The highest BCUT2D eigenvalue weighted by Gasteiger charge is 2.31. The molecule has 0 spiro atoms. The minimum atomic E-state index is -3.57. The van der Waals surface area contributed by atoms with Crippen molar-refractivity contribution < 1.29 is 13.2 Å². The number of amides is 1. The topological polar surface area (TPSA) is 74.7 Å². The summed E-state index contributed by atoms with van der Waals surface area (Å²) in [5.74, 6) is -0.197. The molecular weight excluding hydrogens is 424 g/mol. The summed E-state index contributed by atoms with van der Waals surface area (Å²) in [4.78, 5) is 15.7. The van der Waals surface area contributed by atoms with Gasteiger partial charge in [-0.1, -0.05) is 36.8 Å². The molecule has 1 amide bonds. The lowest BCUT2D eigenvalue weighted by Gasteiger charge is -2.32. The van der Waals surface area contributed by atoms with E-state index in [-0.39, 0.29) is 16.8 Å². The van der Waals surface area contributed by atoms with Crippen molar-refractivity contribution in [2.24, 2.45) is 7.05 Å². The number of rotatable bonds is 6. The van der Waals surface area contributed by atoms with E-state index in [0.717, 1.165) is 51.7 Å². The van der Waals surface area contributed by atoms with Gasteiger partial charge in [-0.3, -0.25) is 9.69 Å². The average Bonchev–Trinajstić information content (AvgIpc) is 3.12. The van der Waals surface area contributed by atoms with E-state index < -0.39 is 10.0 Å². The number of carbonyl (C=O) groups is 1. The third-order valence-corrected chi connectivity index (χ3v) is 8.84. The van der Waals surface area contributed by atoms with Gasteiger partial charge in [-0.05, 0) is 44.2 Å². The Labute approximate surface area is 191 Å². The van der Waals surface area contributed by atoms with Crippen LogP contribution in [0.2, 0.25) is 0 Å². The zero-order valence-corrected chi connectivity index (χ0v) is 19.9. The van der Waals surface area contributed by atoms with Gasteiger partial charge in [0, 0.05) is 51.5 Å². The molecule has 7 nitrogen and oxygen atoms in total. The van der Waals surface area contributed by atoms with Gasteiger partial charge in [0.25, 0.3) is 5.91 Å². The van der Waals surface area contributed by atoms with Crippen molar-refractivity contribution in [3.8, 4) is 0 Å². The van der Waals surface area contributed by atoms with Gasteiger partial charge in [-0.2, -0.15) is 4.31 Å². The van der Waals surface area contributed by atoms with Gasteiger partial charge >= 0.3 is 0 Å². The molecule has 1 N–H and O–H groups in total. The van der Waals surface area contributed by atoms with Crippen LogP contribution in [-0.2, 0) is 23.6 Å². The van der Waals surface area contributed by atoms with E-state index in [1.807, 2.05) is 6.07 Å². The maximum Gasteiger partial charge on any atom is 0.268 e. The van der Waals surface area contributed by atoms with Crippen molar-refractivity contribution >= 4 is 15.9 Å². The molecule has 174 valence electrons. The van der Waals surface area contributed by atoms with Crippen LogP contribution < -0.4 is 5.32 Å². The quantitative estimate of drug-likeness (QED) is 0.722. The highest BCUT2D eigenvalue weighted by atomic mass is 32.2. The fourth-order valence-corrected chi connectivity index (χ4v) is 6.52. The fourth-order valence-electron chi connectivity index (χ4n) is 4.73. The number of hydrogen-bond acceptors (Lipinski definition) is 4. The maximum absolute atomic E-state index is 13.1. The van der Waals surface area contributed by atoms with E-state index in [9.17, 15) is 13.2 Å². The van der Waals surface area contributed by atoms with Crippen LogP contribution in [0.3, 0.4) is 0 Å². The van der Waals surface area contributed by atoms with Crippen molar-refractivity contribution in [3.05, 3.63) is 53.3 Å². The van der Waals surface area contributed by atoms with Crippen molar-refractivity contribution in [1.82, 2.24) is 19.1 Å².